The highest BCUT2D eigenvalue weighted by molar-refractivity contribution is 6.35. The maximum Gasteiger partial charge on any atom is 0.337 e. The summed E-state index contributed by atoms with van der Waals surface area (Å²) in [6.07, 6.45) is 2.75. The number of fused-ring (bicyclic) bond motifs is 1. The number of aliphatic hydroxyl groups is 1. The SMILES string of the molecule is COC(=O)c1cc(Cl)c2c(c1)N(C1CCCCN(C)C1)C(=O)C2(O)c1ccccc1Cl. The van der Waals surface area contributed by atoms with Gasteiger partial charge < -0.3 is 19.6 Å². The molecule has 1 amide bonds. The van der Waals surface area contributed by atoms with Crippen LogP contribution in [0.2, 0.25) is 10.0 Å². The van der Waals surface area contributed by atoms with Crippen LogP contribution in [-0.4, -0.2) is 55.2 Å². The fourth-order valence-corrected chi connectivity index (χ4v) is 5.27. The largest absolute Gasteiger partial charge is 0.465 e. The Morgan fingerprint density at radius 1 is 1.19 bits per heavy atom. The lowest BCUT2D eigenvalue weighted by molar-refractivity contribution is -0.132. The van der Waals surface area contributed by atoms with Crippen LogP contribution in [0.25, 0.3) is 0 Å². The van der Waals surface area contributed by atoms with Crippen LogP contribution in [-0.2, 0) is 15.1 Å². The molecule has 0 spiro atoms. The van der Waals surface area contributed by atoms with E-state index in [1.807, 2.05) is 7.05 Å². The van der Waals surface area contributed by atoms with Crippen molar-refractivity contribution in [2.75, 3.05) is 32.1 Å². The Hall–Kier alpha value is -2.12. The lowest BCUT2D eigenvalue weighted by atomic mass is 9.87. The Kier molecular flexibility index (Phi) is 6.01. The molecule has 164 valence electrons. The zero-order chi connectivity index (χ0) is 22.3. The first-order valence-corrected chi connectivity index (χ1v) is 11.0. The van der Waals surface area contributed by atoms with E-state index in [4.69, 9.17) is 27.9 Å². The molecule has 0 bridgehead atoms. The Bertz CT molecular complexity index is 1040. The summed E-state index contributed by atoms with van der Waals surface area (Å²) in [5.41, 5.74) is -0.911. The summed E-state index contributed by atoms with van der Waals surface area (Å²) in [6, 6.07) is 9.51. The van der Waals surface area contributed by atoms with Gasteiger partial charge in [-0.15, -0.1) is 0 Å². The minimum absolute atomic E-state index is 0.109. The molecule has 31 heavy (non-hydrogen) atoms. The lowest BCUT2D eigenvalue weighted by Gasteiger charge is -2.31. The molecule has 2 aromatic carbocycles. The minimum Gasteiger partial charge on any atom is -0.465 e. The number of carbonyl (C=O) groups excluding carboxylic acids is 2. The predicted octanol–water partition coefficient (Wildman–Crippen LogP) is 3.85. The summed E-state index contributed by atoms with van der Waals surface area (Å²) in [4.78, 5) is 29.9. The number of likely N-dealkylation sites (tertiary alicyclic amines) is 1. The normalized spacial score (nSPS) is 24.1. The third-order valence-electron chi connectivity index (χ3n) is 6.12. The van der Waals surface area contributed by atoms with Gasteiger partial charge in [-0.2, -0.15) is 0 Å². The van der Waals surface area contributed by atoms with Gasteiger partial charge in [-0.1, -0.05) is 47.8 Å². The number of hydrogen-bond donors (Lipinski definition) is 1. The molecule has 2 heterocycles. The van der Waals surface area contributed by atoms with E-state index in [9.17, 15) is 14.7 Å². The van der Waals surface area contributed by atoms with Crippen molar-refractivity contribution >= 4 is 40.8 Å². The van der Waals surface area contributed by atoms with Crippen molar-refractivity contribution in [3.8, 4) is 0 Å². The first-order valence-electron chi connectivity index (χ1n) is 10.2. The van der Waals surface area contributed by atoms with E-state index in [1.165, 1.54) is 13.2 Å². The van der Waals surface area contributed by atoms with Crippen LogP contribution in [0.5, 0.6) is 0 Å². The first kappa shape index (κ1) is 22.1. The third-order valence-corrected chi connectivity index (χ3v) is 6.75. The first-order chi connectivity index (χ1) is 14.8. The highest BCUT2D eigenvalue weighted by atomic mass is 35.5. The molecular formula is C23H24Cl2N2O4. The maximum atomic E-state index is 13.9. The number of halogens is 2. The van der Waals surface area contributed by atoms with Crippen molar-refractivity contribution < 1.29 is 19.4 Å². The Morgan fingerprint density at radius 3 is 2.65 bits per heavy atom. The van der Waals surface area contributed by atoms with Crippen molar-refractivity contribution in [3.05, 3.63) is 63.1 Å². The van der Waals surface area contributed by atoms with Crippen molar-refractivity contribution in [1.29, 1.82) is 0 Å². The molecule has 0 saturated carbocycles. The van der Waals surface area contributed by atoms with Crippen molar-refractivity contribution in [2.24, 2.45) is 0 Å². The molecular weight excluding hydrogens is 439 g/mol. The molecule has 2 aromatic rings. The number of methoxy groups -OCH3 is 1. The summed E-state index contributed by atoms with van der Waals surface area (Å²) >= 11 is 13.0. The zero-order valence-corrected chi connectivity index (χ0v) is 18.9. The molecule has 2 aliphatic rings. The summed E-state index contributed by atoms with van der Waals surface area (Å²) in [5, 5.41) is 12.2. The van der Waals surface area contributed by atoms with E-state index in [0.29, 0.717) is 12.2 Å². The number of rotatable bonds is 3. The Morgan fingerprint density at radius 2 is 1.94 bits per heavy atom. The monoisotopic (exact) mass is 462 g/mol. The number of benzene rings is 2. The van der Waals surface area contributed by atoms with Crippen LogP contribution in [0.3, 0.4) is 0 Å². The molecule has 1 saturated heterocycles. The molecule has 0 aromatic heterocycles. The van der Waals surface area contributed by atoms with Crippen molar-refractivity contribution in [1.82, 2.24) is 4.90 Å². The molecule has 2 aliphatic heterocycles. The van der Waals surface area contributed by atoms with Gasteiger partial charge in [-0.3, -0.25) is 4.79 Å². The lowest BCUT2D eigenvalue weighted by Crippen LogP contribution is -2.49. The number of nitrogens with zero attached hydrogens (tertiary/aromatic N) is 2. The number of likely N-dealkylation sites (N-methyl/N-ethyl adjacent to an activating group) is 1. The summed E-state index contributed by atoms with van der Waals surface area (Å²) < 4.78 is 4.86. The number of anilines is 1. The van der Waals surface area contributed by atoms with Crippen molar-refractivity contribution in [3.63, 3.8) is 0 Å². The average Bonchev–Trinajstić information content (AvgIpc) is 2.86. The zero-order valence-electron chi connectivity index (χ0n) is 17.4. The fourth-order valence-electron chi connectivity index (χ4n) is 4.65. The molecule has 2 unspecified atom stereocenters. The standard InChI is InChI=1S/C23H24Cl2N2O4/c1-26-10-6-5-7-15(13-26)27-19-12-14(21(28)31-2)11-18(25)20(19)23(30,22(27)29)16-8-3-4-9-17(16)24/h3-4,8-9,11-12,15,30H,5-7,10,13H2,1-2H3. The minimum atomic E-state index is -2.05. The van der Waals surface area contributed by atoms with E-state index >= 15 is 0 Å². The smallest absolute Gasteiger partial charge is 0.337 e. The van der Waals surface area contributed by atoms with E-state index in [-0.39, 0.29) is 32.8 Å². The average molecular weight is 463 g/mol. The van der Waals surface area contributed by atoms with Crippen LogP contribution in [0.4, 0.5) is 5.69 Å². The van der Waals surface area contributed by atoms with Crippen LogP contribution in [0, 0.1) is 0 Å². The second-order valence-electron chi connectivity index (χ2n) is 8.12. The van der Waals surface area contributed by atoms with Crippen LogP contribution in [0.1, 0.15) is 40.7 Å². The maximum absolute atomic E-state index is 13.9. The van der Waals surface area contributed by atoms with Crippen molar-refractivity contribution in [2.45, 2.75) is 30.9 Å². The third kappa shape index (κ3) is 3.61. The number of hydrogen-bond acceptors (Lipinski definition) is 5. The molecule has 6 nitrogen and oxygen atoms in total. The van der Waals surface area contributed by atoms with Gasteiger partial charge in [0.05, 0.1) is 23.4 Å². The number of carbonyl (C=O) groups is 2. The van der Waals surface area contributed by atoms with E-state index in [1.54, 1.807) is 35.2 Å². The fraction of sp³-hybridized carbons (Fsp3) is 0.391. The molecule has 2 atom stereocenters. The van der Waals surface area contributed by atoms with E-state index in [2.05, 4.69) is 4.90 Å². The van der Waals surface area contributed by atoms with Gasteiger partial charge in [0.2, 0.25) is 0 Å². The van der Waals surface area contributed by atoms with Gasteiger partial charge in [-0.05, 0) is 44.6 Å². The van der Waals surface area contributed by atoms with Crippen LogP contribution < -0.4 is 4.90 Å². The number of amides is 1. The molecule has 8 heteroatoms. The van der Waals surface area contributed by atoms with Gasteiger partial charge in [0.25, 0.3) is 5.91 Å². The topological polar surface area (TPSA) is 70.1 Å². The van der Waals surface area contributed by atoms with E-state index < -0.39 is 17.5 Å². The number of ether oxygens (including phenoxy) is 1. The Balaban J connectivity index is 1.95. The van der Waals surface area contributed by atoms with Crippen LogP contribution in [0.15, 0.2) is 36.4 Å². The summed E-state index contributed by atoms with van der Waals surface area (Å²) in [7, 11) is 3.30. The second-order valence-corrected chi connectivity index (χ2v) is 8.94. The van der Waals surface area contributed by atoms with Crippen LogP contribution >= 0.6 is 23.2 Å². The van der Waals surface area contributed by atoms with E-state index in [0.717, 1.165) is 25.8 Å². The quantitative estimate of drug-likeness (QED) is 0.701. The predicted molar refractivity (Wildman–Crippen MR) is 120 cm³/mol. The number of esters is 1. The molecule has 1 fully saturated rings. The summed E-state index contributed by atoms with van der Waals surface area (Å²) in [6.45, 7) is 1.58. The highest BCUT2D eigenvalue weighted by Gasteiger charge is 2.55. The van der Waals surface area contributed by atoms with Gasteiger partial charge in [0.1, 0.15) is 0 Å². The summed E-state index contributed by atoms with van der Waals surface area (Å²) in [5.74, 6) is -1.08. The van der Waals surface area contributed by atoms with Gasteiger partial charge >= 0.3 is 5.97 Å². The van der Waals surface area contributed by atoms with Gasteiger partial charge in [0.15, 0.2) is 5.60 Å². The molecule has 0 aliphatic carbocycles. The molecule has 0 radical (unpaired) electrons. The highest BCUT2D eigenvalue weighted by Crippen LogP contribution is 2.51. The second kappa shape index (κ2) is 8.43. The molecule has 1 N–H and O–H groups in total. The molecule has 4 rings (SSSR count). The Labute approximate surface area is 191 Å². The van der Waals surface area contributed by atoms with Gasteiger partial charge in [0, 0.05) is 28.7 Å². The van der Waals surface area contributed by atoms with Gasteiger partial charge in [-0.25, -0.2) is 4.79 Å².